The number of benzene rings is 1. The van der Waals surface area contributed by atoms with Crippen molar-refractivity contribution in [2.45, 2.75) is 20.0 Å². The molecule has 23 heavy (non-hydrogen) atoms. The molecule has 0 saturated carbocycles. The van der Waals surface area contributed by atoms with Gasteiger partial charge in [-0.2, -0.15) is 0 Å². The molecule has 1 N–H and O–H groups in total. The summed E-state index contributed by atoms with van der Waals surface area (Å²) in [7, 11) is 5.80. The summed E-state index contributed by atoms with van der Waals surface area (Å²) in [4.78, 5) is 6.88. The van der Waals surface area contributed by atoms with E-state index in [1.807, 2.05) is 24.3 Å². The largest absolute Gasteiger partial charge is 0.496 e. The summed E-state index contributed by atoms with van der Waals surface area (Å²) in [6.07, 6.45) is 2.06. The van der Waals surface area contributed by atoms with Crippen LogP contribution in [0.1, 0.15) is 18.2 Å². The molecule has 124 valence electrons. The Morgan fingerprint density at radius 2 is 2.04 bits per heavy atom. The van der Waals surface area contributed by atoms with Crippen molar-refractivity contribution in [3.05, 3.63) is 53.9 Å². The molecule has 0 unspecified atom stereocenters. The van der Waals surface area contributed by atoms with Crippen molar-refractivity contribution in [2.75, 3.05) is 20.7 Å². The van der Waals surface area contributed by atoms with Crippen LogP contribution < -0.4 is 10.1 Å². The van der Waals surface area contributed by atoms with Crippen LogP contribution in [0.4, 0.5) is 0 Å². The third-order valence-electron chi connectivity index (χ3n) is 3.74. The van der Waals surface area contributed by atoms with Gasteiger partial charge in [-0.15, -0.1) is 0 Å². The van der Waals surface area contributed by atoms with Crippen molar-refractivity contribution in [1.29, 1.82) is 0 Å². The van der Waals surface area contributed by atoms with Gasteiger partial charge in [-0.25, -0.2) is 4.99 Å². The third-order valence-corrected chi connectivity index (χ3v) is 3.74. The standard InChI is InChI=1S/C18H26N4O/c1-5-19-18(22(3)14-16-10-8-12-21(16)2)20-13-15-9-6-7-11-17(15)23-4/h6-12H,5,13-14H2,1-4H3,(H,19,20). The van der Waals surface area contributed by atoms with E-state index in [2.05, 4.69) is 54.1 Å². The van der Waals surface area contributed by atoms with Crippen LogP contribution in [0.15, 0.2) is 47.6 Å². The molecule has 0 fully saturated rings. The lowest BCUT2D eigenvalue weighted by atomic mass is 10.2. The first-order chi connectivity index (χ1) is 11.2. The number of nitrogens with one attached hydrogen (secondary N) is 1. The molecule has 0 aliphatic heterocycles. The minimum absolute atomic E-state index is 0.587. The summed E-state index contributed by atoms with van der Waals surface area (Å²) in [6, 6.07) is 12.2. The Morgan fingerprint density at radius 3 is 2.70 bits per heavy atom. The van der Waals surface area contributed by atoms with Gasteiger partial charge in [-0.3, -0.25) is 0 Å². The zero-order valence-corrected chi connectivity index (χ0v) is 14.4. The van der Waals surface area contributed by atoms with Crippen LogP contribution in [0.2, 0.25) is 0 Å². The maximum atomic E-state index is 5.39. The molecule has 0 atom stereocenters. The highest BCUT2D eigenvalue weighted by Crippen LogP contribution is 2.18. The molecule has 0 saturated heterocycles. The first-order valence-electron chi connectivity index (χ1n) is 7.87. The van der Waals surface area contributed by atoms with Crippen molar-refractivity contribution in [1.82, 2.24) is 14.8 Å². The fourth-order valence-electron chi connectivity index (χ4n) is 2.44. The van der Waals surface area contributed by atoms with Gasteiger partial charge in [0.1, 0.15) is 5.75 Å². The Morgan fingerprint density at radius 1 is 1.26 bits per heavy atom. The Hall–Kier alpha value is -2.43. The fourth-order valence-corrected chi connectivity index (χ4v) is 2.44. The second-order valence-corrected chi connectivity index (χ2v) is 5.45. The third kappa shape index (κ3) is 4.52. The normalized spacial score (nSPS) is 11.4. The molecular weight excluding hydrogens is 288 g/mol. The SMILES string of the molecule is CCNC(=NCc1ccccc1OC)N(C)Cc1cccn1C. The molecule has 1 heterocycles. The van der Waals surface area contributed by atoms with Crippen molar-refractivity contribution >= 4 is 5.96 Å². The average molecular weight is 314 g/mol. The van der Waals surface area contributed by atoms with Gasteiger partial charge in [0, 0.05) is 38.1 Å². The number of aryl methyl sites for hydroxylation is 1. The molecule has 0 radical (unpaired) electrons. The lowest BCUT2D eigenvalue weighted by Gasteiger charge is -2.22. The number of hydrogen-bond donors (Lipinski definition) is 1. The molecule has 0 spiro atoms. The van der Waals surface area contributed by atoms with Gasteiger partial charge in [0.25, 0.3) is 0 Å². The van der Waals surface area contributed by atoms with Gasteiger partial charge >= 0.3 is 0 Å². The van der Waals surface area contributed by atoms with E-state index in [0.717, 1.165) is 30.4 Å². The molecular formula is C18H26N4O. The Balaban J connectivity index is 2.11. The topological polar surface area (TPSA) is 41.8 Å². The molecule has 5 heteroatoms. The van der Waals surface area contributed by atoms with E-state index >= 15 is 0 Å². The lowest BCUT2D eigenvalue weighted by Crippen LogP contribution is -2.38. The molecule has 0 aliphatic carbocycles. The maximum absolute atomic E-state index is 5.39. The van der Waals surface area contributed by atoms with Crippen molar-refractivity contribution in [3.63, 3.8) is 0 Å². The summed E-state index contributed by atoms with van der Waals surface area (Å²) in [5.41, 5.74) is 2.33. The minimum Gasteiger partial charge on any atom is -0.496 e. The van der Waals surface area contributed by atoms with Crippen LogP contribution in [0.25, 0.3) is 0 Å². The summed E-state index contributed by atoms with van der Waals surface area (Å²) in [6.45, 7) is 4.31. The van der Waals surface area contributed by atoms with Crippen molar-refractivity contribution in [3.8, 4) is 5.75 Å². The van der Waals surface area contributed by atoms with E-state index < -0.39 is 0 Å². The number of nitrogens with zero attached hydrogens (tertiary/aromatic N) is 3. The average Bonchev–Trinajstić information content (AvgIpc) is 2.96. The van der Waals surface area contributed by atoms with Gasteiger partial charge in [0.15, 0.2) is 5.96 Å². The molecule has 0 aliphatic rings. The van der Waals surface area contributed by atoms with Crippen LogP contribution in [0.3, 0.4) is 0 Å². The van der Waals surface area contributed by atoms with Gasteiger partial charge in [-0.05, 0) is 25.1 Å². The number of para-hydroxylation sites is 1. The Kier molecular flexibility index (Phi) is 6.09. The lowest BCUT2D eigenvalue weighted by molar-refractivity contribution is 0.409. The van der Waals surface area contributed by atoms with Crippen molar-refractivity contribution < 1.29 is 4.74 Å². The van der Waals surface area contributed by atoms with Crippen molar-refractivity contribution in [2.24, 2.45) is 12.0 Å². The highest BCUT2D eigenvalue weighted by molar-refractivity contribution is 5.79. The van der Waals surface area contributed by atoms with Crippen LogP contribution in [-0.2, 0) is 20.1 Å². The molecule has 5 nitrogen and oxygen atoms in total. The monoisotopic (exact) mass is 314 g/mol. The summed E-state index contributed by atoms with van der Waals surface area (Å²) in [5.74, 6) is 1.76. The number of aliphatic imine (C=N–C) groups is 1. The number of aromatic nitrogens is 1. The number of ether oxygens (including phenoxy) is 1. The molecule has 1 aromatic carbocycles. The predicted octanol–water partition coefficient (Wildman–Crippen LogP) is 2.63. The number of methoxy groups -OCH3 is 1. The molecule has 2 aromatic rings. The first-order valence-corrected chi connectivity index (χ1v) is 7.87. The fraction of sp³-hybridized carbons (Fsp3) is 0.389. The second-order valence-electron chi connectivity index (χ2n) is 5.45. The summed E-state index contributed by atoms with van der Waals surface area (Å²) < 4.78 is 7.52. The zero-order valence-electron chi connectivity index (χ0n) is 14.4. The maximum Gasteiger partial charge on any atom is 0.194 e. The van der Waals surface area contributed by atoms with Gasteiger partial charge in [0.2, 0.25) is 0 Å². The first kappa shape index (κ1) is 16.9. The van der Waals surface area contributed by atoms with E-state index in [1.165, 1.54) is 5.69 Å². The van der Waals surface area contributed by atoms with Gasteiger partial charge in [0.05, 0.1) is 20.2 Å². The number of hydrogen-bond acceptors (Lipinski definition) is 2. The number of guanidine groups is 1. The second kappa shape index (κ2) is 8.27. The van der Waals surface area contributed by atoms with Crippen LogP contribution >= 0.6 is 0 Å². The molecule has 1 aromatic heterocycles. The molecule has 0 amide bonds. The molecule has 2 rings (SSSR count). The minimum atomic E-state index is 0.587. The van der Waals surface area contributed by atoms with Gasteiger partial charge < -0.3 is 19.5 Å². The smallest absolute Gasteiger partial charge is 0.194 e. The van der Waals surface area contributed by atoms with E-state index in [-0.39, 0.29) is 0 Å². The van der Waals surface area contributed by atoms with Crippen LogP contribution in [0, 0.1) is 0 Å². The van der Waals surface area contributed by atoms with Crippen LogP contribution in [-0.4, -0.2) is 36.1 Å². The predicted molar refractivity (Wildman–Crippen MR) is 94.7 cm³/mol. The van der Waals surface area contributed by atoms with E-state index in [1.54, 1.807) is 7.11 Å². The quantitative estimate of drug-likeness (QED) is 0.658. The molecule has 0 bridgehead atoms. The van der Waals surface area contributed by atoms with E-state index in [9.17, 15) is 0 Å². The van der Waals surface area contributed by atoms with Gasteiger partial charge in [-0.1, -0.05) is 18.2 Å². The highest BCUT2D eigenvalue weighted by Gasteiger charge is 2.09. The Labute approximate surface area is 138 Å². The zero-order chi connectivity index (χ0) is 16.7. The Bertz CT molecular complexity index is 648. The van der Waals surface area contributed by atoms with E-state index in [0.29, 0.717) is 6.54 Å². The summed E-state index contributed by atoms with van der Waals surface area (Å²) in [5, 5.41) is 3.35. The van der Waals surface area contributed by atoms with E-state index in [4.69, 9.17) is 9.73 Å². The van der Waals surface area contributed by atoms with Crippen LogP contribution in [0.5, 0.6) is 5.75 Å². The highest BCUT2D eigenvalue weighted by atomic mass is 16.5. The summed E-state index contributed by atoms with van der Waals surface area (Å²) >= 11 is 0. The number of rotatable bonds is 6.